The van der Waals surface area contributed by atoms with Gasteiger partial charge in [-0.1, -0.05) is 0 Å². The second kappa shape index (κ2) is 6.69. The number of hydrogen-bond donors (Lipinski definition) is 6. The highest BCUT2D eigenvalue weighted by Crippen LogP contribution is 2.35. The summed E-state index contributed by atoms with van der Waals surface area (Å²) in [7, 11) is 0. The first kappa shape index (κ1) is 17.4. The Morgan fingerprint density at radius 1 is 1.17 bits per heavy atom. The van der Waals surface area contributed by atoms with E-state index in [9.17, 15) is 30.3 Å². The first-order chi connectivity index (χ1) is 10.8. The summed E-state index contributed by atoms with van der Waals surface area (Å²) in [6.45, 7) is 0.516. The first-order valence-electron chi connectivity index (χ1n) is 6.80. The molecule has 1 heterocycles. The molecular formula is C14H18O9. The fourth-order valence-electron chi connectivity index (χ4n) is 2.32. The van der Waals surface area contributed by atoms with Gasteiger partial charge in [-0.2, -0.15) is 0 Å². The van der Waals surface area contributed by atoms with Gasteiger partial charge in [-0.25, -0.2) is 0 Å². The minimum Gasteiger partial charge on any atom is -0.508 e. The maximum Gasteiger partial charge on any atom is 0.229 e. The Morgan fingerprint density at radius 2 is 1.83 bits per heavy atom. The van der Waals surface area contributed by atoms with Crippen LogP contribution in [-0.2, 0) is 4.74 Å². The summed E-state index contributed by atoms with van der Waals surface area (Å²) < 4.78 is 10.4. The standard InChI is InChI=1S/C14H18O9/c1-5(16)10-7(18)2-6(17)3-8(10)22-14-13(21)12(20)11(19)9(4-15)23-14/h2-3,9,11-15,17-21H,4H2,1H3/t9-,11-,12+,13-,14-/m0/s1. The minimum atomic E-state index is -1.68. The molecule has 1 aliphatic heterocycles. The quantitative estimate of drug-likeness (QED) is 0.361. The number of rotatable bonds is 4. The number of carbonyl (C=O) groups is 1. The van der Waals surface area contributed by atoms with Crippen LogP contribution in [0.5, 0.6) is 17.2 Å². The average molecular weight is 330 g/mol. The molecule has 1 fully saturated rings. The van der Waals surface area contributed by atoms with E-state index in [2.05, 4.69) is 0 Å². The van der Waals surface area contributed by atoms with E-state index >= 15 is 0 Å². The maximum atomic E-state index is 11.6. The lowest BCUT2D eigenvalue weighted by Crippen LogP contribution is -2.60. The van der Waals surface area contributed by atoms with E-state index in [1.54, 1.807) is 0 Å². The fourth-order valence-corrected chi connectivity index (χ4v) is 2.32. The number of benzene rings is 1. The van der Waals surface area contributed by atoms with E-state index in [0.29, 0.717) is 0 Å². The van der Waals surface area contributed by atoms with E-state index in [4.69, 9.17) is 14.6 Å². The van der Waals surface area contributed by atoms with Gasteiger partial charge in [0.2, 0.25) is 6.29 Å². The van der Waals surface area contributed by atoms with E-state index in [1.807, 2.05) is 0 Å². The number of hydrogen-bond acceptors (Lipinski definition) is 9. The summed E-state index contributed by atoms with van der Waals surface area (Å²) >= 11 is 0. The van der Waals surface area contributed by atoms with Gasteiger partial charge >= 0.3 is 0 Å². The van der Waals surface area contributed by atoms with Gasteiger partial charge in [-0.3, -0.25) is 4.79 Å². The third kappa shape index (κ3) is 3.38. The Balaban J connectivity index is 2.33. The van der Waals surface area contributed by atoms with E-state index in [0.717, 1.165) is 19.1 Å². The lowest BCUT2D eigenvalue weighted by atomic mass is 9.99. The predicted molar refractivity (Wildman–Crippen MR) is 74.2 cm³/mol. The number of aliphatic hydroxyl groups excluding tert-OH is 4. The Labute approximate surface area is 130 Å². The van der Waals surface area contributed by atoms with Crippen LogP contribution in [0.3, 0.4) is 0 Å². The van der Waals surface area contributed by atoms with Gasteiger partial charge in [0, 0.05) is 12.1 Å². The van der Waals surface area contributed by atoms with Crippen LogP contribution in [-0.4, -0.2) is 73.7 Å². The number of carbonyl (C=O) groups excluding carboxylic acids is 1. The predicted octanol–water partition coefficient (Wildman–Crippen LogP) is -1.52. The van der Waals surface area contributed by atoms with Crippen molar-refractivity contribution in [2.75, 3.05) is 6.61 Å². The highest BCUT2D eigenvalue weighted by molar-refractivity contribution is 5.99. The van der Waals surface area contributed by atoms with Crippen molar-refractivity contribution in [1.29, 1.82) is 0 Å². The summed E-state index contributed by atoms with van der Waals surface area (Å²) in [5, 5.41) is 57.6. The topological polar surface area (TPSA) is 157 Å². The molecule has 0 radical (unpaired) electrons. The van der Waals surface area contributed by atoms with Crippen molar-refractivity contribution in [3.63, 3.8) is 0 Å². The van der Waals surface area contributed by atoms with Crippen LogP contribution in [0, 0.1) is 0 Å². The Morgan fingerprint density at radius 3 is 2.39 bits per heavy atom. The molecule has 9 heteroatoms. The number of phenolic OH excluding ortho intramolecular Hbond substituents is 2. The molecule has 1 aromatic carbocycles. The fraction of sp³-hybridized carbons (Fsp3) is 0.500. The van der Waals surface area contributed by atoms with Crippen LogP contribution >= 0.6 is 0 Å². The molecule has 0 aliphatic carbocycles. The molecule has 9 nitrogen and oxygen atoms in total. The summed E-state index contributed by atoms with van der Waals surface area (Å²) in [5.41, 5.74) is -0.250. The van der Waals surface area contributed by atoms with Crippen LogP contribution in [0.4, 0.5) is 0 Å². The number of aromatic hydroxyl groups is 2. The number of Topliss-reactive ketones (excluding diaryl/α,β-unsaturated/α-hetero) is 1. The zero-order chi connectivity index (χ0) is 17.3. The monoisotopic (exact) mass is 330 g/mol. The minimum absolute atomic E-state index is 0.250. The van der Waals surface area contributed by atoms with Gasteiger partial charge in [0.25, 0.3) is 0 Å². The number of aliphatic hydroxyl groups is 4. The molecule has 128 valence electrons. The van der Waals surface area contributed by atoms with E-state index in [1.165, 1.54) is 0 Å². The van der Waals surface area contributed by atoms with Crippen molar-refractivity contribution in [3.05, 3.63) is 17.7 Å². The summed E-state index contributed by atoms with van der Waals surface area (Å²) in [5.74, 6) is -1.77. The molecule has 0 amide bonds. The van der Waals surface area contributed by atoms with E-state index < -0.39 is 54.6 Å². The number of ether oxygens (including phenoxy) is 2. The molecule has 1 aromatic rings. The van der Waals surface area contributed by atoms with Gasteiger partial charge in [0.05, 0.1) is 6.61 Å². The van der Waals surface area contributed by atoms with Crippen LogP contribution in [0.2, 0.25) is 0 Å². The summed E-state index contributed by atoms with van der Waals surface area (Å²) in [6.07, 6.45) is -7.62. The highest BCUT2D eigenvalue weighted by atomic mass is 16.7. The van der Waals surface area contributed by atoms with Gasteiger partial charge in [-0.15, -0.1) is 0 Å². The van der Waals surface area contributed by atoms with Gasteiger partial charge in [-0.05, 0) is 6.92 Å². The smallest absolute Gasteiger partial charge is 0.229 e. The second-order valence-corrected chi connectivity index (χ2v) is 5.21. The van der Waals surface area contributed by atoms with Crippen molar-refractivity contribution >= 4 is 5.78 Å². The van der Waals surface area contributed by atoms with Crippen LogP contribution < -0.4 is 4.74 Å². The van der Waals surface area contributed by atoms with Crippen molar-refractivity contribution in [2.24, 2.45) is 0 Å². The van der Waals surface area contributed by atoms with Crippen LogP contribution in [0.15, 0.2) is 12.1 Å². The molecule has 0 saturated carbocycles. The maximum absolute atomic E-state index is 11.6. The second-order valence-electron chi connectivity index (χ2n) is 5.21. The Kier molecular flexibility index (Phi) is 5.07. The van der Waals surface area contributed by atoms with Crippen LogP contribution in [0.1, 0.15) is 17.3 Å². The van der Waals surface area contributed by atoms with E-state index in [-0.39, 0.29) is 11.3 Å². The largest absolute Gasteiger partial charge is 0.508 e. The molecule has 1 aliphatic rings. The average Bonchev–Trinajstić information content (AvgIpc) is 2.46. The normalized spacial score (nSPS) is 30.9. The lowest BCUT2D eigenvalue weighted by molar-refractivity contribution is -0.277. The van der Waals surface area contributed by atoms with Crippen molar-refractivity contribution < 1.29 is 44.9 Å². The van der Waals surface area contributed by atoms with Crippen molar-refractivity contribution in [2.45, 2.75) is 37.6 Å². The molecule has 0 unspecified atom stereocenters. The number of phenols is 2. The SMILES string of the molecule is CC(=O)c1c(O)cc(O)cc1O[C@H]1O[C@@H](CO)[C@H](O)[C@@H](O)[C@@H]1O. The zero-order valence-corrected chi connectivity index (χ0v) is 12.2. The number of ketones is 1. The Bertz CT molecular complexity index is 586. The van der Waals surface area contributed by atoms with Crippen molar-refractivity contribution in [3.8, 4) is 17.2 Å². The summed E-state index contributed by atoms with van der Waals surface area (Å²) in [6, 6.07) is 1.97. The zero-order valence-electron chi connectivity index (χ0n) is 12.2. The van der Waals surface area contributed by atoms with Gasteiger partial charge in [0.1, 0.15) is 47.2 Å². The van der Waals surface area contributed by atoms with Gasteiger partial charge < -0.3 is 40.1 Å². The first-order valence-corrected chi connectivity index (χ1v) is 6.80. The molecule has 23 heavy (non-hydrogen) atoms. The molecule has 6 N–H and O–H groups in total. The molecule has 0 aromatic heterocycles. The molecule has 2 rings (SSSR count). The highest BCUT2D eigenvalue weighted by Gasteiger charge is 2.45. The third-order valence-corrected chi connectivity index (χ3v) is 3.51. The lowest BCUT2D eigenvalue weighted by Gasteiger charge is -2.39. The molecule has 1 saturated heterocycles. The molecule has 0 spiro atoms. The molecular weight excluding hydrogens is 312 g/mol. The van der Waals surface area contributed by atoms with Gasteiger partial charge in [0.15, 0.2) is 5.78 Å². The Hall–Kier alpha value is -1.91. The third-order valence-electron chi connectivity index (χ3n) is 3.51. The van der Waals surface area contributed by atoms with Crippen LogP contribution in [0.25, 0.3) is 0 Å². The summed E-state index contributed by atoms with van der Waals surface area (Å²) in [4.78, 5) is 11.6. The molecule has 0 bridgehead atoms. The van der Waals surface area contributed by atoms with Crippen molar-refractivity contribution in [1.82, 2.24) is 0 Å². The molecule has 5 atom stereocenters.